The molecule has 0 saturated carbocycles. The smallest absolute Gasteiger partial charge is 0.314 e. The number of urea groups is 1. The maximum absolute atomic E-state index is 12.8. The summed E-state index contributed by atoms with van der Waals surface area (Å²) < 4.78 is 1.91. The minimum absolute atomic E-state index is 0.0701. The van der Waals surface area contributed by atoms with Gasteiger partial charge >= 0.3 is 6.03 Å². The Morgan fingerprint density at radius 1 is 1.03 bits per heavy atom. The van der Waals surface area contributed by atoms with E-state index in [9.17, 15) is 9.59 Å². The minimum Gasteiger partial charge on any atom is -0.351 e. The summed E-state index contributed by atoms with van der Waals surface area (Å²) in [5.74, 6) is -0.0701. The Labute approximate surface area is 185 Å². The molecule has 1 aromatic carbocycles. The number of carbonyl (C=O) groups is 2. The molecule has 8 heteroatoms. The summed E-state index contributed by atoms with van der Waals surface area (Å²) in [5.41, 5.74) is 8.31. The van der Waals surface area contributed by atoms with E-state index in [0.29, 0.717) is 32.7 Å². The third kappa shape index (κ3) is 5.21. The van der Waals surface area contributed by atoms with Gasteiger partial charge in [-0.3, -0.25) is 9.48 Å². The van der Waals surface area contributed by atoms with Gasteiger partial charge in [-0.05, 0) is 29.5 Å². The summed E-state index contributed by atoms with van der Waals surface area (Å²) in [6, 6.07) is 13.8. The van der Waals surface area contributed by atoms with E-state index in [0.717, 1.165) is 28.1 Å². The van der Waals surface area contributed by atoms with Gasteiger partial charge in [-0.1, -0.05) is 36.4 Å². The van der Waals surface area contributed by atoms with E-state index >= 15 is 0 Å². The molecule has 2 N–H and O–H groups in total. The molecule has 1 aliphatic heterocycles. The van der Waals surface area contributed by atoms with Crippen molar-refractivity contribution < 1.29 is 9.59 Å². The first-order valence-electron chi connectivity index (χ1n) is 10.3. The minimum atomic E-state index is -0.434. The van der Waals surface area contributed by atoms with Crippen LogP contribution in [0.1, 0.15) is 17.5 Å². The molecule has 0 atom stereocenters. The number of nitrogens with two attached hydrogens (primary N) is 1. The van der Waals surface area contributed by atoms with Gasteiger partial charge in [0.1, 0.15) is 5.69 Å². The van der Waals surface area contributed by atoms with Crippen LogP contribution in [0, 0.1) is 0 Å². The molecule has 2 aromatic heterocycles. The Hall–Kier alpha value is -3.39. The van der Waals surface area contributed by atoms with E-state index in [1.54, 1.807) is 27.2 Å². The molecular weight excluding hydrogens is 410 g/mol. The van der Waals surface area contributed by atoms with Crippen molar-refractivity contribution in [3.63, 3.8) is 0 Å². The molecule has 0 aliphatic carbocycles. The van der Waals surface area contributed by atoms with Gasteiger partial charge in [0.25, 0.3) is 0 Å². The van der Waals surface area contributed by atoms with Crippen LogP contribution in [0.25, 0.3) is 16.6 Å². The van der Waals surface area contributed by atoms with Gasteiger partial charge in [0.2, 0.25) is 5.91 Å². The third-order valence-electron chi connectivity index (χ3n) is 5.26. The highest BCUT2D eigenvalue weighted by Crippen LogP contribution is 2.28. The molecular formula is C23H25N5O2S. The monoisotopic (exact) mass is 435 g/mol. The standard InChI is InChI=1S/C23H25N5O2S/c24-23(30)27-12-5-11-26(13-14-27)21(29)10-9-19-17-28(16-18-6-2-1-3-7-18)25-22(19)20-8-4-15-31-20/h1-4,6-10,15,17H,5,11-14,16H2,(H2,24,30)/b10-9+. The van der Waals surface area contributed by atoms with Crippen molar-refractivity contribution >= 4 is 29.4 Å². The number of primary amides is 1. The second-order valence-electron chi connectivity index (χ2n) is 7.43. The Kier molecular flexibility index (Phi) is 6.47. The lowest BCUT2D eigenvalue weighted by Crippen LogP contribution is -2.39. The number of carbonyl (C=O) groups excluding carboxylic acids is 2. The van der Waals surface area contributed by atoms with Crippen molar-refractivity contribution in [2.24, 2.45) is 5.73 Å². The van der Waals surface area contributed by atoms with Gasteiger partial charge in [0.15, 0.2) is 0 Å². The maximum atomic E-state index is 12.8. The number of nitrogens with zero attached hydrogens (tertiary/aromatic N) is 4. The molecule has 3 aromatic rings. The number of rotatable bonds is 5. The van der Waals surface area contributed by atoms with Crippen LogP contribution in [-0.2, 0) is 11.3 Å². The van der Waals surface area contributed by atoms with E-state index in [1.807, 2.05) is 52.7 Å². The number of benzene rings is 1. The summed E-state index contributed by atoms with van der Waals surface area (Å²) in [5, 5.41) is 6.80. The molecule has 0 unspecified atom stereocenters. The molecule has 4 rings (SSSR count). The molecule has 3 amide bonds. The van der Waals surface area contributed by atoms with E-state index in [4.69, 9.17) is 10.8 Å². The molecule has 0 radical (unpaired) electrons. The van der Waals surface area contributed by atoms with Gasteiger partial charge in [-0.15, -0.1) is 11.3 Å². The zero-order valence-electron chi connectivity index (χ0n) is 17.2. The van der Waals surface area contributed by atoms with Crippen LogP contribution in [0.2, 0.25) is 0 Å². The summed E-state index contributed by atoms with van der Waals surface area (Å²) >= 11 is 1.62. The molecule has 7 nitrogen and oxygen atoms in total. The quantitative estimate of drug-likeness (QED) is 0.624. The number of thiophene rings is 1. The Morgan fingerprint density at radius 2 is 1.81 bits per heavy atom. The van der Waals surface area contributed by atoms with E-state index in [1.165, 1.54) is 0 Å². The van der Waals surface area contributed by atoms with E-state index in [2.05, 4.69) is 12.1 Å². The number of hydrogen-bond donors (Lipinski definition) is 1. The van der Waals surface area contributed by atoms with Crippen LogP contribution in [0.15, 0.2) is 60.1 Å². The number of hydrogen-bond acceptors (Lipinski definition) is 4. The molecule has 1 fully saturated rings. The molecule has 0 bridgehead atoms. The van der Waals surface area contributed by atoms with Crippen molar-refractivity contribution in [1.82, 2.24) is 19.6 Å². The van der Waals surface area contributed by atoms with Crippen molar-refractivity contribution in [2.75, 3.05) is 26.2 Å². The van der Waals surface area contributed by atoms with Gasteiger partial charge in [-0.25, -0.2) is 4.79 Å². The Bertz CT molecular complexity index is 1060. The second kappa shape index (κ2) is 9.61. The predicted octanol–water partition coefficient (Wildman–Crippen LogP) is 3.29. The zero-order valence-corrected chi connectivity index (χ0v) is 18.0. The molecule has 1 aliphatic rings. The highest BCUT2D eigenvalue weighted by molar-refractivity contribution is 7.13. The molecule has 160 valence electrons. The Morgan fingerprint density at radius 3 is 2.55 bits per heavy atom. The van der Waals surface area contributed by atoms with Crippen LogP contribution in [0.4, 0.5) is 4.79 Å². The topological polar surface area (TPSA) is 84.5 Å². The summed E-state index contributed by atoms with van der Waals surface area (Å²) in [6.07, 6.45) is 6.13. The first kappa shape index (κ1) is 20.9. The summed E-state index contributed by atoms with van der Waals surface area (Å²) in [7, 11) is 0. The van der Waals surface area contributed by atoms with Crippen LogP contribution in [0.3, 0.4) is 0 Å². The fourth-order valence-electron chi connectivity index (χ4n) is 3.64. The predicted molar refractivity (Wildman–Crippen MR) is 122 cm³/mol. The fourth-order valence-corrected chi connectivity index (χ4v) is 4.37. The van der Waals surface area contributed by atoms with Gasteiger partial charge in [-0.2, -0.15) is 5.10 Å². The number of amides is 3. The molecule has 0 spiro atoms. The van der Waals surface area contributed by atoms with Crippen LogP contribution < -0.4 is 5.73 Å². The van der Waals surface area contributed by atoms with Gasteiger partial charge in [0, 0.05) is 44.0 Å². The first-order valence-corrected chi connectivity index (χ1v) is 11.1. The average molecular weight is 436 g/mol. The lowest BCUT2D eigenvalue weighted by atomic mass is 10.2. The van der Waals surface area contributed by atoms with E-state index < -0.39 is 6.03 Å². The SMILES string of the molecule is NC(=O)N1CCCN(C(=O)/C=C/c2cn(Cc3ccccc3)nc2-c2cccs2)CC1. The van der Waals surface area contributed by atoms with Gasteiger partial charge in [0.05, 0.1) is 11.4 Å². The normalized spacial score (nSPS) is 14.7. The lowest BCUT2D eigenvalue weighted by Gasteiger charge is -2.19. The first-order chi connectivity index (χ1) is 15.1. The highest BCUT2D eigenvalue weighted by atomic mass is 32.1. The van der Waals surface area contributed by atoms with E-state index in [-0.39, 0.29) is 5.91 Å². The second-order valence-corrected chi connectivity index (χ2v) is 8.38. The van der Waals surface area contributed by atoms with Crippen LogP contribution in [-0.4, -0.2) is 57.7 Å². The van der Waals surface area contributed by atoms with Crippen molar-refractivity contribution in [3.8, 4) is 10.6 Å². The summed E-state index contributed by atoms with van der Waals surface area (Å²) in [6.45, 7) is 2.80. The highest BCUT2D eigenvalue weighted by Gasteiger charge is 2.19. The fraction of sp³-hybridized carbons (Fsp3) is 0.261. The van der Waals surface area contributed by atoms with Crippen LogP contribution in [0.5, 0.6) is 0 Å². The average Bonchev–Trinajstić information content (AvgIpc) is 3.36. The van der Waals surface area contributed by atoms with Gasteiger partial charge < -0.3 is 15.5 Å². The number of aromatic nitrogens is 2. The zero-order chi connectivity index (χ0) is 21.6. The van der Waals surface area contributed by atoms with Crippen molar-refractivity contribution in [1.29, 1.82) is 0 Å². The molecule has 31 heavy (non-hydrogen) atoms. The largest absolute Gasteiger partial charge is 0.351 e. The molecule has 1 saturated heterocycles. The maximum Gasteiger partial charge on any atom is 0.314 e. The van der Waals surface area contributed by atoms with Crippen LogP contribution >= 0.6 is 11.3 Å². The lowest BCUT2D eigenvalue weighted by molar-refractivity contribution is -0.125. The summed E-state index contributed by atoms with van der Waals surface area (Å²) in [4.78, 5) is 28.6. The third-order valence-corrected chi connectivity index (χ3v) is 6.13. The Balaban J connectivity index is 1.52. The van der Waals surface area contributed by atoms with Crippen molar-refractivity contribution in [3.05, 3.63) is 71.2 Å². The molecule has 3 heterocycles. The van der Waals surface area contributed by atoms with Crippen molar-refractivity contribution in [2.45, 2.75) is 13.0 Å².